The first-order chi connectivity index (χ1) is 9.99. The standard InChI is InChI=1S/C17H18FNO2/c1-11-4-7-16(21-3)13(8-11)10-17(20)19-15-6-5-14(18)9-12(15)2/h4-9H,10H2,1-3H3,(H,19,20). The molecule has 2 rings (SSSR count). The van der Waals surface area contributed by atoms with Crippen molar-refractivity contribution in [2.45, 2.75) is 20.3 Å². The van der Waals surface area contributed by atoms with Crippen LogP contribution in [-0.2, 0) is 11.2 Å². The number of carbonyl (C=O) groups excluding carboxylic acids is 1. The summed E-state index contributed by atoms with van der Waals surface area (Å²) in [6.07, 6.45) is 0.210. The molecule has 21 heavy (non-hydrogen) atoms. The van der Waals surface area contributed by atoms with Crippen LogP contribution in [0.3, 0.4) is 0 Å². The maximum Gasteiger partial charge on any atom is 0.228 e. The summed E-state index contributed by atoms with van der Waals surface area (Å²) >= 11 is 0. The van der Waals surface area contributed by atoms with Crippen LogP contribution in [0, 0.1) is 19.7 Å². The molecule has 0 saturated heterocycles. The SMILES string of the molecule is COc1ccc(C)cc1CC(=O)Nc1ccc(F)cc1C. The summed E-state index contributed by atoms with van der Waals surface area (Å²) in [6, 6.07) is 10.00. The van der Waals surface area contributed by atoms with Gasteiger partial charge in [0, 0.05) is 11.3 Å². The molecule has 0 saturated carbocycles. The minimum atomic E-state index is -0.314. The highest BCUT2D eigenvalue weighted by atomic mass is 19.1. The zero-order chi connectivity index (χ0) is 15.4. The molecule has 0 radical (unpaired) electrons. The fraction of sp³-hybridized carbons (Fsp3) is 0.235. The van der Waals surface area contributed by atoms with E-state index in [9.17, 15) is 9.18 Å². The fourth-order valence-electron chi connectivity index (χ4n) is 2.18. The van der Waals surface area contributed by atoms with Crippen molar-refractivity contribution < 1.29 is 13.9 Å². The van der Waals surface area contributed by atoms with Gasteiger partial charge in [-0.05, 0) is 43.7 Å². The number of nitrogens with one attached hydrogen (secondary N) is 1. The molecular weight excluding hydrogens is 269 g/mol. The number of ether oxygens (including phenoxy) is 1. The van der Waals surface area contributed by atoms with Gasteiger partial charge in [-0.25, -0.2) is 4.39 Å². The molecule has 3 nitrogen and oxygen atoms in total. The van der Waals surface area contributed by atoms with Gasteiger partial charge < -0.3 is 10.1 Å². The van der Waals surface area contributed by atoms with Crippen LogP contribution in [0.15, 0.2) is 36.4 Å². The van der Waals surface area contributed by atoms with Crippen molar-refractivity contribution in [1.29, 1.82) is 0 Å². The first-order valence-electron chi connectivity index (χ1n) is 6.69. The van der Waals surface area contributed by atoms with E-state index in [1.807, 2.05) is 25.1 Å². The number of benzene rings is 2. The molecule has 0 aliphatic rings. The van der Waals surface area contributed by atoms with E-state index in [4.69, 9.17) is 4.74 Å². The number of hydrogen-bond donors (Lipinski definition) is 1. The lowest BCUT2D eigenvalue weighted by Crippen LogP contribution is -2.15. The third-order valence-electron chi connectivity index (χ3n) is 3.25. The van der Waals surface area contributed by atoms with E-state index in [0.29, 0.717) is 17.0 Å². The maximum absolute atomic E-state index is 13.0. The Hall–Kier alpha value is -2.36. The Balaban J connectivity index is 2.13. The van der Waals surface area contributed by atoms with Gasteiger partial charge in [-0.1, -0.05) is 17.7 Å². The highest BCUT2D eigenvalue weighted by Crippen LogP contribution is 2.21. The third-order valence-corrected chi connectivity index (χ3v) is 3.25. The van der Waals surface area contributed by atoms with E-state index in [1.165, 1.54) is 12.1 Å². The second-order valence-electron chi connectivity index (χ2n) is 5.00. The molecular formula is C17H18FNO2. The summed E-state index contributed by atoms with van der Waals surface area (Å²) in [5.41, 5.74) is 3.21. The first-order valence-corrected chi connectivity index (χ1v) is 6.69. The summed E-state index contributed by atoms with van der Waals surface area (Å²) in [5.74, 6) is 0.214. The van der Waals surface area contributed by atoms with Crippen molar-refractivity contribution in [2.75, 3.05) is 12.4 Å². The number of methoxy groups -OCH3 is 1. The van der Waals surface area contributed by atoms with Gasteiger partial charge in [0.25, 0.3) is 0 Å². The Morgan fingerprint density at radius 1 is 1.19 bits per heavy atom. The number of hydrogen-bond acceptors (Lipinski definition) is 2. The summed E-state index contributed by atoms with van der Waals surface area (Å²) in [7, 11) is 1.58. The molecule has 110 valence electrons. The minimum absolute atomic E-state index is 0.159. The molecule has 4 heteroatoms. The van der Waals surface area contributed by atoms with E-state index in [2.05, 4.69) is 5.32 Å². The van der Waals surface area contributed by atoms with Crippen molar-refractivity contribution in [3.8, 4) is 5.75 Å². The van der Waals surface area contributed by atoms with Gasteiger partial charge >= 0.3 is 0 Å². The second kappa shape index (κ2) is 6.39. The number of aryl methyl sites for hydroxylation is 2. The van der Waals surface area contributed by atoms with Crippen molar-refractivity contribution in [1.82, 2.24) is 0 Å². The predicted molar refractivity (Wildman–Crippen MR) is 81.2 cm³/mol. The molecule has 0 spiro atoms. The highest BCUT2D eigenvalue weighted by molar-refractivity contribution is 5.93. The molecule has 0 atom stereocenters. The van der Waals surface area contributed by atoms with Gasteiger partial charge in [-0.3, -0.25) is 4.79 Å². The zero-order valence-corrected chi connectivity index (χ0v) is 12.4. The molecule has 0 unspecified atom stereocenters. The number of carbonyl (C=O) groups is 1. The predicted octanol–water partition coefficient (Wildman–Crippen LogP) is 3.63. The Morgan fingerprint density at radius 3 is 2.62 bits per heavy atom. The Bertz CT molecular complexity index is 668. The quantitative estimate of drug-likeness (QED) is 0.932. The summed E-state index contributed by atoms with van der Waals surface area (Å²) < 4.78 is 18.3. The van der Waals surface area contributed by atoms with E-state index >= 15 is 0 Å². The first kappa shape index (κ1) is 15.0. The summed E-state index contributed by atoms with van der Waals surface area (Å²) in [6.45, 7) is 3.72. The lowest BCUT2D eigenvalue weighted by Gasteiger charge is -2.11. The van der Waals surface area contributed by atoms with Crippen LogP contribution in [-0.4, -0.2) is 13.0 Å². The normalized spacial score (nSPS) is 10.3. The van der Waals surface area contributed by atoms with Crippen LogP contribution in [0.2, 0.25) is 0 Å². The fourth-order valence-corrected chi connectivity index (χ4v) is 2.18. The van der Waals surface area contributed by atoms with Gasteiger partial charge in [0.05, 0.1) is 13.5 Å². The van der Waals surface area contributed by atoms with Gasteiger partial charge in [0.15, 0.2) is 0 Å². The van der Waals surface area contributed by atoms with Crippen LogP contribution in [0.4, 0.5) is 10.1 Å². The smallest absolute Gasteiger partial charge is 0.228 e. The molecule has 2 aromatic carbocycles. The van der Waals surface area contributed by atoms with Crippen molar-refractivity contribution in [3.05, 3.63) is 58.9 Å². The molecule has 0 fully saturated rings. The van der Waals surface area contributed by atoms with Gasteiger partial charge in [-0.15, -0.1) is 0 Å². The minimum Gasteiger partial charge on any atom is -0.496 e. The number of anilines is 1. The van der Waals surface area contributed by atoms with E-state index in [1.54, 1.807) is 20.1 Å². The highest BCUT2D eigenvalue weighted by Gasteiger charge is 2.10. The van der Waals surface area contributed by atoms with Crippen LogP contribution < -0.4 is 10.1 Å². The Labute approximate surface area is 123 Å². The van der Waals surface area contributed by atoms with Crippen LogP contribution in [0.5, 0.6) is 5.75 Å². The van der Waals surface area contributed by atoms with Gasteiger partial charge in [0.2, 0.25) is 5.91 Å². The van der Waals surface area contributed by atoms with Crippen molar-refractivity contribution in [2.24, 2.45) is 0 Å². The number of amides is 1. The molecule has 0 bridgehead atoms. The van der Waals surface area contributed by atoms with E-state index in [0.717, 1.165) is 11.1 Å². The van der Waals surface area contributed by atoms with Crippen molar-refractivity contribution >= 4 is 11.6 Å². The third kappa shape index (κ3) is 3.81. The molecule has 1 amide bonds. The average molecular weight is 287 g/mol. The Kier molecular flexibility index (Phi) is 4.58. The number of halogens is 1. The lowest BCUT2D eigenvalue weighted by atomic mass is 10.1. The summed E-state index contributed by atoms with van der Waals surface area (Å²) in [5, 5.41) is 2.80. The molecule has 0 heterocycles. The lowest BCUT2D eigenvalue weighted by molar-refractivity contribution is -0.115. The zero-order valence-electron chi connectivity index (χ0n) is 12.4. The van der Waals surface area contributed by atoms with Crippen LogP contribution in [0.1, 0.15) is 16.7 Å². The molecule has 0 aliphatic heterocycles. The molecule has 0 aromatic heterocycles. The second-order valence-corrected chi connectivity index (χ2v) is 5.00. The van der Waals surface area contributed by atoms with E-state index < -0.39 is 0 Å². The molecule has 2 aromatic rings. The van der Waals surface area contributed by atoms with Gasteiger partial charge in [0.1, 0.15) is 11.6 Å². The van der Waals surface area contributed by atoms with Crippen LogP contribution in [0.25, 0.3) is 0 Å². The topological polar surface area (TPSA) is 38.3 Å². The molecule has 1 N–H and O–H groups in total. The monoisotopic (exact) mass is 287 g/mol. The van der Waals surface area contributed by atoms with E-state index in [-0.39, 0.29) is 18.1 Å². The number of rotatable bonds is 4. The molecule has 0 aliphatic carbocycles. The van der Waals surface area contributed by atoms with Gasteiger partial charge in [-0.2, -0.15) is 0 Å². The van der Waals surface area contributed by atoms with Crippen molar-refractivity contribution in [3.63, 3.8) is 0 Å². The van der Waals surface area contributed by atoms with Crippen LogP contribution >= 0.6 is 0 Å². The largest absolute Gasteiger partial charge is 0.496 e. The summed E-state index contributed by atoms with van der Waals surface area (Å²) in [4.78, 5) is 12.1. The average Bonchev–Trinajstić information content (AvgIpc) is 2.42. The Morgan fingerprint density at radius 2 is 1.95 bits per heavy atom. The maximum atomic E-state index is 13.0.